The number of aliphatic hydroxyl groups excluding tert-OH is 1. The average Bonchev–Trinajstić information content (AvgIpc) is 2.17. The molecule has 0 spiro atoms. The Balaban J connectivity index is 2.22. The molecule has 1 fully saturated rings. The highest BCUT2D eigenvalue weighted by Gasteiger charge is 2.21. The molecule has 0 amide bonds. The third-order valence-electron chi connectivity index (χ3n) is 1.42. The molecule has 0 saturated carbocycles. The molecule has 1 saturated heterocycles. The van der Waals surface area contributed by atoms with Gasteiger partial charge in [0.25, 0.3) is 0 Å². The molecular weight excluding hydrogens is 120 g/mol. The molecular formula is C6H10O3. The van der Waals surface area contributed by atoms with Gasteiger partial charge in [-0.25, -0.2) is 0 Å². The molecule has 1 aliphatic heterocycles. The lowest BCUT2D eigenvalue weighted by molar-refractivity contribution is -0.141. The molecule has 1 aliphatic rings. The molecule has 0 unspecified atom stereocenters. The zero-order valence-corrected chi connectivity index (χ0v) is 5.17. The number of hydrogen-bond acceptors (Lipinski definition) is 3. The van der Waals surface area contributed by atoms with Crippen LogP contribution in [0.1, 0.15) is 19.3 Å². The van der Waals surface area contributed by atoms with Crippen LogP contribution in [0, 0.1) is 0 Å². The third-order valence-corrected chi connectivity index (χ3v) is 1.42. The van der Waals surface area contributed by atoms with E-state index in [4.69, 9.17) is 9.84 Å². The van der Waals surface area contributed by atoms with Crippen LogP contribution in [0.4, 0.5) is 0 Å². The van der Waals surface area contributed by atoms with Crippen molar-refractivity contribution in [2.24, 2.45) is 0 Å². The van der Waals surface area contributed by atoms with E-state index in [0.29, 0.717) is 12.8 Å². The van der Waals surface area contributed by atoms with Crippen LogP contribution in [0.15, 0.2) is 0 Å². The van der Waals surface area contributed by atoms with E-state index in [1.54, 1.807) is 0 Å². The number of carbonyl (C=O) groups is 1. The lowest BCUT2D eigenvalue weighted by Crippen LogP contribution is -2.08. The summed E-state index contributed by atoms with van der Waals surface area (Å²) in [5.41, 5.74) is 0. The Morgan fingerprint density at radius 3 is 3.00 bits per heavy atom. The van der Waals surface area contributed by atoms with Crippen LogP contribution in [-0.2, 0) is 9.53 Å². The molecule has 52 valence electrons. The Morgan fingerprint density at radius 2 is 2.56 bits per heavy atom. The van der Waals surface area contributed by atoms with Crippen LogP contribution in [0.3, 0.4) is 0 Å². The largest absolute Gasteiger partial charge is 0.462 e. The number of aliphatic hydroxyl groups is 1. The van der Waals surface area contributed by atoms with Crippen molar-refractivity contribution in [2.75, 3.05) is 6.61 Å². The van der Waals surface area contributed by atoms with E-state index in [2.05, 4.69) is 0 Å². The fourth-order valence-electron chi connectivity index (χ4n) is 0.930. The van der Waals surface area contributed by atoms with E-state index < -0.39 is 0 Å². The molecule has 9 heavy (non-hydrogen) atoms. The summed E-state index contributed by atoms with van der Waals surface area (Å²) < 4.78 is 4.80. The zero-order valence-electron chi connectivity index (χ0n) is 5.17. The summed E-state index contributed by atoms with van der Waals surface area (Å²) in [5, 5.41) is 8.42. The van der Waals surface area contributed by atoms with Gasteiger partial charge in [-0.05, 0) is 6.42 Å². The highest BCUT2D eigenvalue weighted by molar-refractivity contribution is 5.71. The Morgan fingerprint density at radius 1 is 1.78 bits per heavy atom. The highest BCUT2D eigenvalue weighted by atomic mass is 16.5. The normalized spacial score (nSPS) is 26.3. The Bertz CT molecular complexity index is 111. The lowest BCUT2D eigenvalue weighted by atomic mass is 10.2. The summed E-state index contributed by atoms with van der Waals surface area (Å²) in [6.45, 7) is 0.109. The van der Waals surface area contributed by atoms with Gasteiger partial charge in [-0.2, -0.15) is 0 Å². The molecule has 0 aliphatic carbocycles. The monoisotopic (exact) mass is 130 g/mol. The maximum absolute atomic E-state index is 10.4. The van der Waals surface area contributed by atoms with Crippen molar-refractivity contribution < 1.29 is 14.6 Å². The number of ether oxygens (including phenoxy) is 1. The fraction of sp³-hybridized carbons (Fsp3) is 0.833. The zero-order chi connectivity index (χ0) is 6.69. The summed E-state index contributed by atoms with van der Waals surface area (Å²) in [6.07, 6.45) is 1.87. The van der Waals surface area contributed by atoms with Gasteiger partial charge in [0, 0.05) is 19.4 Å². The predicted molar refractivity (Wildman–Crippen MR) is 30.8 cm³/mol. The van der Waals surface area contributed by atoms with Crippen LogP contribution >= 0.6 is 0 Å². The topological polar surface area (TPSA) is 46.5 Å². The van der Waals surface area contributed by atoms with Crippen molar-refractivity contribution in [3.63, 3.8) is 0 Å². The number of hydrogen-bond donors (Lipinski definition) is 1. The van der Waals surface area contributed by atoms with Crippen molar-refractivity contribution >= 4 is 5.97 Å². The first-order chi connectivity index (χ1) is 4.33. The number of rotatable bonds is 2. The fourth-order valence-corrected chi connectivity index (χ4v) is 0.930. The number of carbonyl (C=O) groups excluding carboxylic acids is 1. The second-order valence-electron chi connectivity index (χ2n) is 2.16. The van der Waals surface area contributed by atoms with Crippen LogP contribution < -0.4 is 0 Å². The van der Waals surface area contributed by atoms with Crippen molar-refractivity contribution in [3.05, 3.63) is 0 Å². The summed E-state index contributed by atoms with van der Waals surface area (Å²) in [7, 11) is 0. The molecule has 0 aromatic rings. The van der Waals surface area contributed by atoms with Crippen molar-refractivity contribution in [3.8, 4) is 0 Å². The van der Waals surface area contributed by atoms with Gasteiger partial charge in [0.1, 0.15) is 6.10 Å². The molecule has 3 nitrogen and oxygen atoms in total. The Hall–Kier alpha value is -0.570. The van der Waals surface area contributed by atoms with E-state index in [9.17, 15) is 4.79 Å². The summed E-state index contributed by atoms with van der Waals surface area (Å²) >= 11 is 0. The molecule has 1 N–H and O–H groups in total. The van der Waals surface area contributed by atoms with Gasteiger partial charge >= 0.3 is 5.97 Å². The minimum absolute atomic E-state index is 0.0116. The molecule has 0 bridgehead atoms. The predicted octanol–water partition coefficient (Wildman–Crippen LogP) is 0.0744. The van der Waals surface area contributed by atoms with Gasteiger partial charge in [-0.15, -0.1) is 0 Å². The minimum Gasteiger partial charge on any atom is -0.462 e. The standard InChI is InChI=1S/C6H10O3/c7-4-3-5-1-2-6(8)9-5/h5,7H,1-4H2/t5-/m1/s1. The molecule has 3 heteroatoms. The van der Waals surface area contributed by atoms with Gasteiger partial charge in [-0.1, -0.05) is 0 Å². The summed E-state index contributed by atoms with van der Waals surface area (Å²) in [5.74, 6) is -0.131. The second-order valence-corrected chi connectivity index (χ2v) is 2.16. The first kappa shape index (κ1) is 6.55. The van der Waals surface area contributed by atoms with Gasteiger partial charge in [0.05, 0.1) is 0 Å². The van der Waals surface area contributed by atoms with E-state index in [0.717, 1.165) is 6.42 Å². The molecule has 0 aromatic heterocycles. The summed E-state index contributed by atoms with van der Waals surface area (Å²) in [6, 6.07) is 0. The van der Waals surface area contributed by atoms with Gasteiger partial charge in [0.2, 0.25) is 0 Å². The summed E-state index contributed by atoms with van der Waals surface area (Å²) in [4.78, 5) is 10.4. The van der Waals surface area contributed by atoms with E-state index in [1.807, 2.05) is 0 Å². The van der Waals surface area contributed by atoms with Gasteiger partial charge < -0.3 is 9.84 Å². The molecule has 0 aromatic carbocycles. The van der Waals surface area contributed by atoms with E-state index in [-0.39, 0.29) is 18.7 Å². The molecule has 1 rings (SSSR count). The quantitative estimate of drug-likeness (QED) is 0.538. The SMILES string of the molecule is O=C1CC[C@H](CCO)O1. The van der Waals surface area contributed by atoms with E-state index in [1.165, 1.54) is 0 Å². The molecule has 1 atom stereocenters. The van der Waals surface area contributed by atoms with Gasteiger partial charge in [0.15, 0.2) is 0 Å². The van der Waals surface area contributed by atoms with Crippen LogP contribution in [0.5, 0.6) is 0 Å². The average molecular weight is 130 g/mol. The van der Waals surface area contributed by atoms with Crippen molar-refractivity contribution in [2.45, 2.75) is 25.4 Å². The van der Waals surface area contributed by atoms with Crippen LogP contribution in [0.2, 0.25) is 0 Å². The molecule has 1 heterocycles. The first-order valence-corrected chi connectivity index (χ1v) is 3.13. The number of cyclic esters (lactones) is 1. The van der Waals surface area contributed by atoms with E-state index >= 15 is 0 Å². The third kappa shape index (κ3) is 1.68. The smallest absolute Gasteiger partial charge is 0.306 e. The highest BCUT2D eigenvalue weighted by Crippen LogP contribution is 2.15. The lowest BCUT2D eigenvalue weighted by Gasteiger charge is -2.04. The Kier molecular flexibility index (Phi) is 2.05. The maximum atomic E-state index is 10.4. The van der Waals surface area contributed by atoms with Gasteiger partial charge in [-0.3, -0.25) is 4.79 Å². The number of esters is 1. The van der Waals surface area contributed by atoms with Crippen molar-refractivity contribution in [1.29, 1.82) is 0 Å². The molecule has 0 radical (unpaired) electrons. The first-order valence-electron chi connectivity index (χ1n) is 3.13. The minimum atomic E-state index is -0.131. The van der Waals surface area contributed by atoms with Crippen LogP contribution in [-0.4, -0.2) is 23.8 Å². The van der Waals surface area contributed by atoms with Crippen LogP contribution in [0.25, 0.3) is 0 Å². The van der Waals surface area contributed by atoms with Crippen molar-refractivity contribution in [1.82, 2.24) is 0 Å². The second kappa shape index (κ2) is 2.82. The Labute approximate surface area is 53.6 Å². The maximum Gasteiger partial charge on any atom is 0.306 e.